The Morgan fingerprint density at radius 3 is 0.284 bits per heavy atom. The fraction of sp³-hybridized carbons (Fsp3) is 1.00. The van der Waals surface area contributed by atoms with Gasteiger partial charge in [-0.3, -0.25) is 0 Å². The minimum atomic E-state index is -1.95. The van der Waals surface area contributed by atoms with Gasteiger partial charge in [0.25, 0.3) is 0 Å². The average Bonchev–Trinajstić information content (AvgIpc) is 0.836. The number of aliphatic hydroxyl groups is 12. The molecular weight excluding hydrogens is 1390 g/mol. The van der Waals surface area contributed by atoms with Crippen molar-refractivity contribution >= 4 is 0 Å². The molecule has 0 aromatic heterocycles. The predicted octanol–water partition coefficient (Wildman–Crippen LogP) is 27.5. The van der Waals surface area contributed by atoms with Crippen molar-refractivity contribution in [1.29, 1.82) is 0 Å². The molecule has 0 spiro atoms. The van der Waals surface area contributed by atoms with Gasteiger partial charge in [-0.15, -0.1) is 0 Å². The van der Waals surface area contributed by atoms with Gasteiger partial charge in [-0.1, -0.05) is 468 Å². The van der Waals surface area contributed by atoms with E-state index in [2.05, 4.69) is 83.1 Å². The molecule has 0 bridgehead atoms. The van der Waals surface area contributed by atoms with E-state index >= 15 is 0 Å². The molecule has 109 heavy (non-hydrogen) atoms. The van der Waals surface area contributed by atoms with Crippen LogP contribution in [-0.2, 0) is 21.7 Å². The summed E-state index contributed by atoms with van der Waals surface area (Å²) in [5.74, 6) is -7.80. The summed E-state index contributed by atoms with van der Waals surface area (Å²) in [5.41, 5.74) is -5.41. The van der Waals surface area contributed by atoms with Crippen molar-refractivity contribution in [1.82, 2.24) is 0 Å². The van der Waals surface area contributed by atoms with Crippen LogP contribution in [0.2, 0.25) is 0 Å². The largest absolute Gasteiger partial charge is 0.384 e. The first-order chi connectivity index (χ1) is 51.7. The maximum absolute atomic E-state index is 11.2. The van der Waals surface area contributed by atoms with Crippen molar-refractivity contribution in [2.75, 3.05) is 0 Å². The topological polar surface area (TPSA) is 243 Å². The van der Waals surface area contributed by atoms with E-state index in [1.54, 1.807) is 0 Å². The number of rotatable bonds is 80. The zero-order chi connectivity index (χ0) is 81.7. The summed E-state index contributed by atoms with van der Waals surface area (Å²) < 4.78 is 0. The molecule has 0 radical (unpaired) electrons. The Kier molecular flexibility index (Phi) is 87.1. The van der Waals surface area contributed by atoms with Crippen LogP contribution in [0.5, 0.6) is 0 Å². The van der Waals surface area contributed by atoms with Gasteiger partial charge in [0, 0.05) is 47.4 Å². The van der Waals surface area contributed by atoms with Crippen LogP contribution in [0.1, 0.15) is 571 Å². The summed E-state index contributed by atoms with van der Waals surface area (Å²) in [4.78, 5) is 0. The van der Waals surface area contributed by atoms with Gasteiger partial charge in [0.15, 0.2) is 23.1 Å². The van der Waals surface area contributed by atoms with Gasteiger partial charge < -0.3 is 61.3 Å². The zero-order valence-corrected chi connectivity index (χ0v) is 77.2. The first-order valence-electron chi connectivity index (χ1n) is 48.4. The summed E-state index contributed by atoms with van der Waals surface area (Å²) in [7, 11) is 0. The Morgan fingerprint density at radius 1 is 0.110 bits per heavy atom. The zero-order valence-electron chi connectivity index (χ0n) is 75.6. The molecule has 13 heteroatoms. The van der Waals surface area contributed by atoms with Gasteiger partial charge in [0.05, 0.1) is 0 Å². The monoisotopic (exact) mass is 1590 g/mol. The van der Waals surface area contributed by atoms with Crippen LogP contribution < -0.4 is 0 Å². The molecule has 0 aromatic rings. The molecule has 0 heterocycles. The third-order valence-electron chi connectivity index (χ3n) is 24.0. The molecule has 0 atom stereocenters. The first kappa shape index (κ1) is 118. The Balaban J connectivity index is -0.000000440. The van der Waals surface area contributed by atoms with Gasteiger partial charge in [-0.25, -0.2) is 0 Å². The van der Waals surface area contributed by atoms with E-state index in [4.69, 9.17) is 0 Å². The molecule has 0 aliphatic rings. The summed E-state index contributed by atoms with van der Waals surface area (Å²) in [6.45, 7) is 26.3. The third kappa shape index (κ3) is 65.8. The van der Waals surface area contributed by atoms with Gasteiger partial charge >= 0.3 is 0 Å². The van der Waals surface area contributed by atoms with E-state index in [1.807, 2.05) is 0 Å². The quantitative estimate of drug-likeness (QED) is 0.0155. The van der Waals surface area contributed by atoms with Crippen LogP contribution in [0, 0.1) is 0 Å². The van der Waals surface area contributed by atoms with Crippen molar-refractivity contribution in [3.8, 4) is 0 Å². The van der Waals surface area contributed by atoms with E-state index in [0.29, 0.717) is 51.4 Å². The molecule has 0 saturated heterocycles. The van der Waals surface area contributed by atoms with Gasteiger partial charge in [-0.2, -0.15) is 0 Å². The van der Waals surface area contributed by atoms with E-state index < -0.39 is 45.6 Å². The summed E-state index contributed by atoms with van der Waals surface area (Å²) in [5, 5.41) is 131. The number of unbranched alkanes of at least 4 members (excludes halogenated alkanes) is 52. The van der Waals surface area contributed by atoms with E-state index in [-0.39, 0.29) is 47.4 Å². The summed E-state index contributed by atoms with van der Waals surface area (Å²) in [6.07, 6.45) is 76.3. The molecule has 0 aliphatic heterocycles. The minimum absolute atomic E-state index is 0. The normalized spacial score (nSPS) is 12.6. The molecule has 0 saturated carbocycles. The summed E-state index contributed by atoms with van der Waals surface area (Å²) in [6, 6.07) is 0. The molecule has 12 N–H and O–H groups in total. The molecule has 0 rings (SSSR count). The van der Waals surface area contributed by atoms with Crippen molar-refractivity contribution in [3.05, 3.63) is 0 Å². The van der Waals surface area contributed by atoms with Crippen LogP contribution >= 0.6 is 0 Å². The predicted molar refractivity (Wildman–Crippen MR) is 467 cm³/mol. The standard InChI is InChI=1S/4C24H50O3.Ti/c4*1-4-7-10-13-15-17-20-23(25,21-18-16-14-11-8-5-2)24(26,27)22-19-12-9-6-3;/h4*25-27H,4-22H2,1-3H3;. The van der Waals surface area contributed by atoms with Gasteiger partial charge in [0.1, 0.15) is 22.4 Å². The molecule has 0 amide bonds. The first-order valence-corrected chi connectivity index (χ1v) is 48.4. The fourth-order valence-electron chi connectivity index (χ4n) is 15.8. The smallest absolute Gasteiger partial charge is 0.192 e. The molecule has 0 aromatic carbocycles. The Morgan fingerprint density at radius 2 is 0.183 bits per heavy atom. The minimum Gasteiger partial charge on any atom is -0.384 e. The van der Waals surface area contributed by atoms with E-state index in [9.17, 15) is 61.3 Å². The van der Waals surface area contributed by atoms with Crippen molar-refractivity contribution in [2.45, 2.75) is 617 Å². The Bertz CT molecular complexity index is 1450. The second kappa shape index (κ2) is 80.6. The van der Waals surface area contributed by atoms with Crippen LogP contribution in [0.15, 0.2) is 0 Å². The van der Waals surface area contributed by atoms with Crippen LogP contribution in [0.4, 0.5) is 0 Å². The van der Waals surface area contributed by atoms with Crippen LogP contribution in [0.3, 0.4) is 0 Å². The SMILES string of the molecule is CCCCCCCCC(O)(CCCCCCCC)C(O)(O)CCCCCC.CCCCCCCCC(O)(CCCCCCCC)C(O)(O)CCCCCC.CCCCCCCCC(O)(CCCCCCCC)C(O)(O)CCCCCC.CCCCCCCCC(O)(CCCCCCCC)C(O)(O)CCCCCC.[Ti]. The Hall–Kier alpha value is 0.234. The molecule has 0 aliphatic carbocycles. The summed E-state index contributed by atoms with van der Waals surface area (Å²) >= 11 is 0. The van der Waals surface area contributed by atoms with E-state index in [0.717, 1.165) is 205 Å². The second-order valence-corrected chi connectivity index (χ2v) is 34.8. The van der Waals surface area contributed by atoms with Crippen molar-refractivity contribution < 1.29 is 83.0 Å². The van der Waals surface area contributed by atoms with Gasteiger partial charge in [0.2, 0.25) is 0 Å². The van der Waals surface area contributed by atoms with Gasteiger partial charge in [-0.05, 0) is 77.0 Å². The second-order valence-electron chi connectivity index (χ2n) is 34.8. The number of hydrogen-bond donors (Lipinski definition) is 12. The number of hydrogen-bond acceptors (Lipinski definition) is 12. The fourth-order valence-corrected chi connectivity index (χ4v) is 15.8. The van der Waals surface area contributed by atoms with Crippen molar-refractivity contribution in [3.63, 3.8) is 0 Å². The van der Waals surface area contributed by atoms with Crippen LogP contribution in [-0.4, -0.2) is 107 Å². The molecule has 0 fully saturated rings. The molecular formula is C96H200O12Ti. The maximum Gasteiger partial charge on any atom is 0.192 e. The van der Waals surface area contributed by atoms with Crippen molar-refractivity contribution in [2.24, 2.45) is 0 Å². The maximum atomic E-state index is 11.2. The molecule has 12 nitrogen and oxygen atoms in total. The van der Waals surface area contributed by atoms with Crippen LogP contribution in [0.25, 0.3) is 0 Å². The molecule has 660 valence electrons. The average molecular weight is 1590 g/mol. The molecule has 0 unspecified atom stereocenters. The third-order valence-corrected chi connectivity index (χ3v) is 24.0. The van der Waals surface area contributed by atoms with E-state index in [1.165, 1.54) is 205 Å². The Labute approximate surface area is 695 Å².